The predicted molar refractivity (Wildman–Crippen MR) is 131 cm³/mol. The van der Waals surface area contributed by atoms with Gasteiger partial charge in [0.05, 0.1) is 61.6 Å². The van der Waals surface area contributed by atoms with Crippen molar-refractivity contribution in [3.8, 4) is 23.0 Å². The molecule has 3 fully saturated rings. The molecule has 3 heterocycles. The Balaban J connectivity index is 1.48. The van der Waals surface area contributed by atoms with E-state index in [-0.39, 0.29) is 65.8 Å². The highest BCUT2D eigenvalue weighted by Crippen LogP contribution is 2.51. The van der Waals surface area contributed by atoms with Crippen LogP contribution < -0.4 is 18.9 Å². The Morgan fingerprint density at radius 3 is 1.82 bits per heavy atom. The Hall–Kier alpha value is -2.64. The van der Waals surface area contributed by atoms with Crippen LogP contribution in [0.25, 0.3) is 0 Å². The third-order valence-corrected chi connectivity index (χ3v) is 7.06. The van der Waals surface area contributed by atoms with Gasteiger partial charge in [-0.2, -0.15) is 0 Å². The summed E-state index contributed by atoms with van der Waals surface area (Å²) < 4.78 is 91.0. The molecule has 38 heavy (non-hydrogen) atoms. The lowest BCUT2D eigenvalue weighted by atomic mass is 9.85. The molecule has 0 amide bonds. The summed E-state index contributed by atoms with van der Waals surface area (Å²) in [7, 11) is 3.87. The highest BCUT2D eigenvalue weighted by molar-refractivity contribution is 5.45. The largest absolute Gasteiger partial charge is 0.493 e. The monoisotopic (exact) mass is 540 g/mol. The zero-order valence-corrected chi connectivity index (χ0v) is 21.0. The summed E-state index contributed by atoms with van der Waals surface area (Å²) in [6.45, 7) is -0.571. The van der Waals surface area contributed by atoms with E-state index in [1.54, 1.807) is 0 Å². The van der Waals surface area contributed by atoms with Crippen LogP contribution in [0.1, 0.15) is 31.6 Å². The average Bonchev–Trinajstić information content (AvgIpc) is 3.61. The topological polar surface area (TPSA) is 146 Å². The van der Waals surface area contributed by atoms with E-state index in [2.05, 4.69) is 0 Å². The molecule has 0 saturated carbocycles. The first kappa shape index (κ1) is 20.3. The second-order valence-corrected chi connectivity index (χ2v) is 9.16. The van der Waals surface area contributed by atoms with Gasteiger partial charge in [0.2, 0.25) is 6.29 Å². The number of methoxy groups -OCH3 is 3. The summed E-state index contributed by atoms with van der Waals surface area (Å²) in [5.74, 6) is -1.66. The number of rotatable bonds is 8. The third kappa shape index (κ3) is 4.79. The van der Waals surface area contributed by atoms with Gasteiger partial charge in [0, 0.05) is 11.8 Å². The summed E-state index contributed by atoms with van der Waals surface area (Å²) in [5.41, 5.74) is 0.138. The van der Waals surface area contributed by atoms with Crippen molar-refractivity contribution >= 4 is 0 Å². The van der Waals surface area contributed by atoms with Crippen molar-refractivity contribution in [1.29, 1.82) is 0 Å². The molecule has 5 rings (SSSR count). The Morgan fingerprint density at radius 2 is 1.29 bits per heavy atom. The molecule has 9 atom stereocenters. The lowest BCUT2D eigenvalue weighted by molar-refractivity contribution is -0.277. The van der Waals surface area contributed by atoms with Crippen molar-refractivity contribution in [2.75, 3.05) is 41.2 Å². The van der Waals surface area contributed by atoms with E-state index in [1.165, 1.54) is 21.3 Å². The zero-order valence-electron chi connectivity index (χ0n) is 27.0. The quantitative estimate of drug-likeness (QED) is 0.380. The number of ether oxygens (including phenoxy) is 7. The average molecular weight is 541 g/mol. The lowest BCUT2D eigenvalue weighted by Gasteiger charge is -2.39. The normalized spacial score (nSPS) is 36.8. The smallest absolute Gasteiger partial charge is 0.229 e. The minimum Gasteiger partial charge on any atom is -0.493 e. The van der Waals surface area contributed by atoms with E-state index in [1.807, 2.05) is 0 Å². The van der Waals surface area contributed by atoms with Gasteiger partial charge in [-0.05, 0) is 35.3 Å². The summed E-state index contributed by atoms with van der Waals surface area (Å²) in [6, 6.07) is -2.00. The molecule has 2 aromatic carbocycles. The molecule has 11 nitrogen and oxygen atoms in total. The van der Waals surface area contributed by atoms with Crippen LogP contribution in [0.3, 0.4) is 0 Å². The number of fused-ring (bicyclic) bond motifs is 1. The van der Waals surface area contributed by atoms with Crippen LogP contribution >= 0.6 is 0 Å². The first-order valence-electron chi connectivity index (χ1n) is 15.0. The first-order valence-corrected chi connectivity index (χ1v) is 12.0. The second kappa shape index (κ2) is 11.2. The second-order valence-electron chi connectivity index (χ2n) is 9.16. The van der Waals surface area contributed by atoms with Gasteiger partial charge in [-0.3, -0.25) is 0 Å². The Kier molecular flexibility index (Phi) is 5.99. The van der Waals surface area contributed by atoms with Gasteiger partial charge in [-0.15, -0.1) is 0 Å². The van der Waals surface area contributed by atoms with Gasteiger partial charge >= 0.3 is 0 Å². The molecule has 3 aliphatic heterocycles. The van der Waals surface area contributed by atoms with Crippen LogP contribution in [0.4, 0.5) is 0 Å². The fraction of sp³-hybridized carbons (Fsp3) is 0.556. The maximum atomic E-state index is 10.4. The highest BCUT2D eigenvalue weighted by atomic mass is 16.7. The minimum absolute atomic E-state index is 0.00789. The summed E-state index contributed by atoms with van der Waals surface area (Å²) >= 11 is 0. The Bertz CT molecular complexity index is 1410. The van der Waals surface area contributed by atoms with E-state index in [0.29, 0.717) is 0 Å². The van der Waals surface area contributed by atoms with Crippen molar-refractivity contribution in [1.82, 2.24) is 0 Å². The molecule has 0 aliphatic carbocycles. The van der Waals surface area contributed by atoms with Crippen molar-refractivity contribution < 1.29 is 61.8 Å². The van der Waals surface area contributed by atoms with Crippen molar-refractivity contribution in [2.45, 2.75) is 42.9 Å². The van der Waals surface area contributed by atoms with Gasteiger partial charge < -0.3 is 53.6 Å². The van der Waals surface area contributed by atoms with Crippen molar-refractivity contribution in [3.63, 3.8) is 0 Å². The van der Waals surface area contributed by atoms with E-state index in [0.717, 1.165) is 0 Å². The van der Waals surface area contributed by atoms with Crippen LogP contribution in [0.2, 0.25) is 0 Å². The molecule has 0 aromatic heterocycles. The van der Waals surface area contributed by atoms with E-state index in [9.17, 15) is 20.4 Å². The van der Waals surface area contributed by atoms with Crippen LogP contribution in [-0.2, 0) is 14.2 Å². The summed E-state index contributed by atoms with van der Waals surface area (Å²) in [5, 5.41) is 40.1. The molecule has 4 unspecified atom stereocenters. The molecular formula is C27H34O11. The summed E-state index contributed by atoms with van der Waals surface area (Å²) in [4.78, 5) is 0. The van der Waals surface area contributed by atoms with Crippen LogP contribution in [-0.4, -0.2) is 92.3 Å². The van der Waals surface area contributed by atoms with Crippen molar-refractivity contribution in [3.05, 3.63) is 47.4 Å². The SMILES string of the molecule is [2H]c1c([2H])c(C2OCC3C(c4c([2H])c([2H])c(O[C@@H]5O[C@H](CO)[C@@H](O)[C@H](O)[C@H]5O)c(OC)c4[2H])OCC23)c([2H])c(OC)c1OC. The van der Waals surface area contributed by atoms with Gasteiger partial charge in [0.1, 0.15) is 24.4 Å². The standard InChI is InChI=1S/C27H34O11/c1-32-17-6-4-13(8-19(17)33-2)25-15-11-36-26(16(15)12-35-25)14-5-7-18(20(9-14)34-3)37-27-24(31)23(30)22(29)21(10-28)38-27/h4-9,15-16,21-31H,10-12H2,1-3H3/t15?,16?,21-,22-,23+,24-,25?,26?,27-/m1/s1/i4D,5D,6D,7D,8D,9D. The van der Waals surface area contributed by atoms with Crippen LogP contribution in [0.15, 0.2) is 36.3 Å². The molecule has 3 saturated heterocycles. The molecule has 11 heteroatoms. The van der Waals surface area contributed by atoms with Gasteiger partial charge in [-0.25, -0.2) is 0 Å². The minimum atomic E-state index is -1.80. The molecular weight excluding hydrogens is 500 g/mol. The summed E-state index contributed by atoms with van der Waals surface area (Å²) in [6.07, 6.45) is -9.88. The van der Waals surface area contributed by atoms with E-state index in [4.69, 9.17) is 41.4 Å². The number of aliphatic hydroxyl groups is 4. The Labute approximate surface area is 228 Å². The third-order valence-electron chi connectivity index (χ3n) is 7.06. The van der Waals surface area contributed by atoms with E-state index >= 15 is 0 Å². The number of hydrogen-bond acceptors (Lipinski definition) is 11. The van der Waals surface area contributed by atoms with Crippen LogP contribution in [0, 0.1) is 11.8 Å². The molecule has 208 valence electrons. The number of benzene rings is 2. The molecule has 0 bridgehead atoms. The maximum Gasteiger partial charge on any atom is 0.229 e. The molecule has 0 spiro atoms. The van der Waals surface area contributed by atoms with Crippen LogP contribution in [0.5, 0.6) is 23.0 Å². The number of hydrogen-bond donors (Lipinski definition) is 4. The predicted octanol–water partition coefficient (Wildman–Crippen LogP) is 0.966. The fourth-order valence-electron chi connectivity index (χ4n) is 5.00. The Morgan fingerprint density at radius 1 is 0.763 bits per heavy atom. The van der Waals surface area contributed by atoms with E-state index < -0.39 is 79.2 Å². The fourth-order valence-corrected chi connectivity index (χ4v) is 5.00. The van der Waals surface area contributed by atoms with Gasteiger partial charge in [-0.1, -0.05) is 12.1 Å². The maximum absolute atomic E-state index is 10.4. The van der Waals surface area contributed by atoms with Crippen molar-refractivity contribution in [2.24, 2.45) is 11.8 Å². The molecule has 0 radical (unpaired) electrons. The zero-order chi connectivity index (χ0) is 32.2. The lowest BCUT2D eigenvalue weighted by Crippen LogP contribution is -2.60. The van der Waals surface area contributed by atoms with Gasteiger partial charge in [0.25, 0.3) is 0 Å². The highest BCUT2D eigenvalue weighted by Gasteiger charge is 2.49. The first-order chi connectivity index (χ1) is 20.9. The molecule has 4 N–H and O–H groups in total. The van der Waals surface area contributed by atoms with Gasteiger partial charge in [0.15, 0.2) is 23.0 Å². The molecule has 2 aromatic rings. The number of aliphatic hydroxyl groups excluding tert-OH is 4. The molecule has 3 aliphatic rings.